The van der Waals surface area contributed by atoms with Gasteiger partial charge in [-0.3, -0.25) is 4.90 Å². The van der Waals surface area contributed by atoms with Crippen LogP contribution in [0.25, 0.3) is 0 Å². The number of benzene rings is 1. The summed E-state index contributed by atoms with van der Waals surface area (Å²) in [6, 6.07) is 9.76. The first-order chi connectivity index (χ1) is 6.75. The lowest BCUT2D eigenvalue weighted by Crippen LogP contribution is -2.26. The van der Waals surface area contributed by atoms with Crippen LogP contribution < -0.4 is 5.73 Å². The van der Waals surface area contributed by atoms with Gasteiger partial charge in [0.05, 0.1) is 0 Å². The highest BCUT2D eigenvalue weighted by Crippen LogP contribution is 2.19. The molecule has 0 amide bonds. The van der Waals surface area contributed by atoms with Crippen LogP contribution in [0.2, 0.25) is 0 Å². The van der Waals surface area contributed by atoms with Crippen molar-refractivity contribution in [1.29, 1.82) is 0 Å². The summed E-state index contributed by atoms with van der Waals surface area (Å²) in [5, 5.41) is 0. The standard InChI is InChI=1S/C12H17N2/c1-10-4-3-7-14(10)9-11-5-2-6-12(13)8-11/h2,6,8,10H,3-4,7,9,13H2,1H3/t10-/m1/s1. The normalized spacial score (nSPS) is 22.8. The lowest BCUT2D eigenvalue weighted by molar-refractivity contribution is 0.260. The molecule has 2 nitrogen and oxygen atoms in total. The first kappa shape index (κ1) is 9.53. The molecule has 0 unspecified atom stereocenters. The lowest BCUT2D eigenvalue weighted by Gasteiger charge is -2.20. The fraction of sp³-hybridized carbons (Fsp3) is 0.500. The van der Waals surface area contributed by atoms with Crippen LogP contribution >= 0.6 is 0 Å². The number of hydrogen-bond acceptors (Lipinski definition) is 2. The van der Waals surface area contributed by atoms with Gasteiger partial charge in [-0.25, -0.2) is 0 Å². The highest BCUT2D eigenvalue weighted by molar-refractivity contribution is 5.40. The van der Waals surface area contributed by atoms with Gasteiger partial charge in [0.25, 0.3) is 0 Å². The Morgan fingerprint density at radius 3 is 3.14 bits per heavy atom. The van der Waals surface area contributed by atoms with Gasteiger partial charge in [0.1, 0.15) is 0 Å². The van der Waals surface area contributed by atoms with E-state index in [0.29, 0.717) is 6.04 Å². The van der Waals surface area contributed by atoms with E-state index in [2.05, 4.69) is 17.9 Å². The Morgan fingerprint density at radius 1 is 1.64 bits per heavy atom. The van der Waals surface area contributed by atoms with Crippen LogP contribution in [-0.2, 0) is 6.54 Å². The smallest absolute Gasteiger partial charge is 0.0317 e. The van der Waals surface area contributed by atoms with Gasteiger partial charge in [0, 0.05) is 18.3 Å². The highest BCUT2D eigenvalue weighted by Gasteiger charge is 2.19. The zero-order chi connectivity index (χ0) is 9.97. The molecular weight excluding hydrogens is 172 g/mol. The van der Waals surface area contributed by atoms with Crippen LogP contribution in [0.4, 0.5) is 5.69 Å². The third kappa shape index (κ3) is 2.07. The summed E-state index contributed by atoms with van der Waals surface area (Å²) in [6.07, 6.45) is 2.64. The van der Waals surface area contributed by atoms with Crippen molar-refractivity contribution in [3.05, 3.63) is 29.8 Å². The number of nitrogens with two attached hydrogens (primary N) is 1. The monoisotopic (exact) mass is 189 g/mol. The molecule has 14 heavy (non-hydrogen) atoms. The van der Waals surface area contributed by atoms with Crippen molar-refractivity contribution in [2.24, 2.45) is 0 Å². The van der Waals surface area contributed by atoms with Gasteiger partial charge < -0.3 is 5.73 Å². The fourth-order valence-electron chi connectivity index (χ4n) is 2.07. The van der Waals surface area contributed by atoms with Crippen molar-refractivity contribution in [2.75, 3.05) is 12.3 Å². The Labute approximate surface area is 85.7 Å². The Morgan fingerprint density at radius 2 is 2.50 bits per heavy atom. The number of anilines is 1. The molecule has 0 spiro atoms. The average molecular weight is 189 g/mol. The molecule has 2 heteroatoms. The van der Waals surface area contributed by atoms with E-state index in [4.69, 9.17) is 5.73 Å². The van der Waals surface area contributed by atoms with E-state index in [-0.39, 0.29) is 0 Å². The minimum Gasteiger partial charge on any atom is -0.399 e. The SMILES string of the molecule is C[C@@H]1CCCN1Cc1[c]ccc(N)c1. The van der Waals surface area contributed by atoms with Crippen LogP contribution in [-0.4, -0.2) is 17.5 Å². The lowest BCUT2D eigenvalue weighted by atomic mass is 10.2. The van der Waals surface area contributed by atoms with Crippen molar-refractivity contribution < 1.29 is 0 Å². The molecular formula is C12H17N2. The van der Waals surface area contributed by atoms with E-state index in [1.807, 2.05) is 18.2 Å². The second-order valence-electron chi connectivity index (χ2n) is 4.11. The van der Waals surface area contributed by atoms with Crippen molar-refractivity contribution in [3.8, 4) is 0 Å². The molecule has 1 saturated heterocycles. The van der Waals surface area contributed by atoms with Gasteiger partial charge in [0.15, 0.2) is 0 Å². The average Bonchev–Trinajstić information content (AvgIpc) is 2.52. The molecule has 1 fully saturated rings. The molecule has 2 rings (SSSR count). The molecule has 2 N–H and O–H groups in total. The van der Waals surface area contributed by atoms with E-state index in [1.165, 1.54) is 24.9 Å². The Hall–Kier alpha value is -1.02. The summed E-state index contributed by atoms with van der Waals surface area (Å²) in [6.45, 7) is 4.50. The van der Waals surface area contributed by atoms with Crippen molar-refractivity contribution in [1.82, 2.24) is 4.90 Å². The molecule has 1 atom stereocenters. The van der Waals surface area contributed by atoms with E-state index < -0.39 is 0 Å². The zero-order valence-corrected chi connectivity index (χ0v) is 8.66. The first-order valence-electron chi connectivity index (χ1n) is 5.26. The predicted molar refractivity (Wildman–Crippen MR) is 58.8 cm³/mol. The zero-order valence-electron chi connectivity index (χ0n) is 8.66. The van der Waals surface area contributed by atoms with E-state index in [9.17, 15) is 0 Å². The molecule has 1 heterocycles. The predicted octanol–water partition coefficient (Wildman–Crippen LogP) is 2.05. The summed E-state index contributed by atoms with van der Waals surface area (Å²) >= 11 is 0. The Balaban J connectivity index is 2.03. The molecule has 1 aromatic rings. The van der Waals surface area contributed by atoms with Crippen molar-refractivity contribution >= 4 is 5.69 Å². The van der Waals surface area contributed by atoms with Crippen LogP contribution in [0.3, 0.4) is 0 Å². The summed E-state index contributed by atoms with van der Waals surface area (Å²) in [5.41, 5.74) is 7.77. The molecule has 1 aliphatic heterocycles. The fourth-order valence-corrected chi connectivity index (χ4v) is 2.07. The highest BCUT2D eigenvalue weighted by atomic mass is 15.2. The molecule has 0 aliphatic carbocycles. The minimum absolute atomic E-state index is 0.713. The van der Waals surface area contributed by atoms with Gasteiger partial charge in [0.2, 0.25) is 0 Å². The Kier molecular flexibility index (Phi) is 2.73. The summed E-state index contributed by atoms with van der Waals surface area (Å²) in [5.74, 6) is 0. The van der Waals surface area contributed by atoms with Gasteiger partial charge in [-0.15, -0.1) is 0 Å². The van der Waals surface area contributed by atoms with Gasteiger partial charge in [-0.2, -0.15) is 0 Å². The molecule has 0 bridgehead atoms. The van der Waals surface area contributed by atoms with Crippen LogP contribution in [0.5, 0.6) is 0 Å². The van der Waals surface area contributed by atoms with Crippen LogP contribution in [0, 0.1) is 6.07 Å². The van der Waals surface area contributed by atoms with E-state index in [0.717, 1.165) is 12.2 Å². The van der Waals surface area contributed by atoms with Crippen LogP contribution in [0.1, 0.15) is 25.3 Å². The molecule has 75 valence electrons. The van der Waals surface area contributed by atoms with E-state index in [1.54, 1.807) is 0 Å². The number of hydrogen-bond donors (Lipinski definition) is 1. The maximum Gasteiger partial charge on any atom is 0.0317 e. The number of rotatable bonds is 2. The topological polar surface area (TPSA) is 29.3 Å². The van der Waals surface area contributed by atoms with Gasteiger partial charge in [-0.1, -0.05) is 6.07 Å². The van der Waals surface area contributed by atoms with Gasteiger partial charge >= 0.3 is 0 Å². The van der Waals surface area contributed by atoms with Crippen molar-refractivity contribution in [3.63, 3.8) is 0 Å². The summed E-state index contributed by atoms with van der Waals surface area (Å²) in [7, 11) is 0. The third-order valence-corrected chi connectivity index (χ3v) is 2.95. The maximum atomic E-state index is 5.73. The molecule has 1 radical (unpaired) electrons. The Bertz CT molecular complexity index is 309. The van der Waals surface area contributed by atoms with Gasteiger partial charge in [-0.05, 0) is 50.1 Å². The second kappa shape index (κ2) is 4.01. The molecule has 0 saturated carbocycles. The van der Waals surface area contributed by atoms with E-state index >= 15 is 0 Å². The third-order valence-electron chi connectivity index (χ3n) is 2.95. The first-order valence-corrected chi connectivity index (χ1v) is 5.26. The largest absolute Gasteiger partial charge is 0.399 e. The number of likely N-dealkylation sites (tertiary alicyclic amines) is 1. The molecule has 0 aromatic heterocycles. The van der Waals surface area contributed by atoms with Crippen LogP contribution in [0.15, 0.2) is 18.2 Å². The van der Waals surface area contributed by atoms with Crippen molar-refractivity contribution in [2.45, 2.75) is 32.4 Å². The molecule has 1 aromatic carbocycles. The quantitative estimate of drug-likeness (QED) is 0.721. The maximum absolute atomic E-state index is 5.73. The minimum atomic E-state index is 0.713. The number of nitrogen functional groups attached to an aromatic ring is 1. The summed E-state index contributed by atoms with van der Waals surface area (Å²) < 4.78 is 0. The molecule has 1 aliphatic rings. The number of nitrogens with zero attached hydrogens (tertiary/aromatic N) is 1. The second-order valence-corrected chi connectivity index (χ2v) is 4.11. The summed E-state index contributed by atoms with van der Waals surface area (Å²) in [4.78, 5) is 2.49.